The molecule has 4 heteroatoms. The van der Waals surface area contributed by atoms with E-state index in [1.54, 1.807) is 0 Å². The molecule has 4 nitrogen and oxygen atoms in total. The van der Waals surface area contributed by atoms with E-state index < -0.39 is 5.60 Å². The van der Waals surface area contributed by atoms with Crippen LogP contribution in [-0.4, -0.2) is 30.3 Å². The van der Waals surface area contributed by atoms with Gasteiger partial charge >= 0.3 is 6.09 Å². The molecule has 3 saturated carbocycles. The van der Waals surface area contributed by atoms with Crippen molar-refractivity contribution in [1.82, 2.24) is 10.6 Å². The highest BCUT2D eigenvalue weighted by molar-refractivity contribution is 5.68. The molecule has 120 valence electrons. The Morgan fingerprint density at radius 1 is 1.19 bits per heavy atom. The Labute approximate surface area is 128 Å². The molecule has 4 atom stereocenters. The lowest BCUT2D eigenvalue weighted by molar-refractivity contribution is 0.0496. The Bertz CT molecular complexity index is 387. The molecule has 3 rings (SSSR count). The predicted octanol–water partition coefficient (Wildman–Crippen LogP) is 3.07. The van der Waals surface area contributed by atoms with Gasteiger partial charge in [0.15, 0.2) is 0 Å². The Kier molecular flexibility index (Phi) is 4.17. The molecule has 21 heavy (non-hydrogen) atoms. The second-order valence-corrected chi connectivity index (χ2v) is 8.28. The topological polar surface area (TPSA) is 50.4 Å². The summed E-state index contributed by atoms with van der Waals surface area (Å²) in [7, 11) is 0. The molecule has 2 bridgehead atoms. The van der Waals surface area contributed by atoms with Gasteiger partial charge in [0.2, 0.25) is 0 Å². The minimum absolute atomic E-state index is 0.235. The maximum absolute atomic E-state index is 12.0. The van der Waals surface area contributed by atoms with Gasteiger partial charge in [-0.3, -0.25) is 0 Å². The van der Waals surface area contributed by atoms with Crippen LogP contribution in [0.4, 0.5) is 4.79 Å². The van der Waals surface area contributed by atoms with E-state index >= 15 is 0 Å². The van der Waals surface area contributed by atoms with Crippen molar-refractivity contribution in [2.24, 2.45) is 17.8 Å². The highest BCUT2D eigenvalue weighted by Gasteiger charge is 2.40. The first-order valence-electron chi connectivity index (χ1n) is 8.63. The van der Waals surface area contributed by atoms with Crippen molar-refractivity contribution in [2.75, 3.05) is 6.54 Å². The molecular weight excluding hydrogens is 264 g/mol. The summed E-state index contributed by atoms with van der Waals surface area (Å²) in [4.78, 5) is 12.0. The molecule has 0 aliphatic heterocycles. The van der Waals surface area contributed by atoms with Gasteiger partial charge in [-0.1, -0.05) is 6.42 Å². The number of rotatable bonds is 5. The summed E-state index contributed by atoms with van der Waals surface area (Å²) in [6.45, 7) is 6.63. The third-order valence-corrected chi connectivity index (χ3v) is 5.23. The van der Waals surface area contributed by atoms with Crippen LogP contribution in [-0.2, 0) is 4.74 Å². The van der Waals surface area contributed by atoms with E-state index in [4.69, 9.17) is 4.74 Å². The summed E-state index contributed by atoms with van der Waals surface area (Å²) in [5.74, 6) is 2.49. The van der Waals surface area contributed by atoms with E-state index in [1.807, 2.05) is 20.8 Å². The molecule has 1 amide bonds. The maximum atomic E-state index is 12.0. The van der Waals surface area contributed by atoms with E-state index in [-0.39, 0.29) is 12.1 Å². The minimum Gasteiger partial charge on any atom is -0.444 e. The summed E-state index contributed by atoms with van der Waals surface area (Å²) in [5, 5.41) is 6.81. The average Bonchev–Trinajstić information content (AvgIpc) is 3.01. The fourth-order valence-corrected chi connectivity index (χ4v) is 4.07. The molecule has 0 aromatic heterocycles. The normalized spacial score (nSPS) is 33.0. The monoisotopic (exact) mass is 294 g/mol. The molecule has 0 aromatic carbocycles. The summed E-state index contributed by atoms with van der Waals surface area (Å²) in [5.41, 5.74) is -0.420. The van der Waals surface area contributed by atoms with Crippen molar-refractivity contribution in [3.8, 4) is 0 Å². The molecular formula is C17H30N2O2. The van der Waals surface area contributed by atoms with Crippen LogP contribution in [0.3, 0.4) is 0 Å². The van der Waals surface area contributed by atoms with Crippen molar-refractivity contribution in [3.63, 3.8) is 0 Å². The van der Waals surface area contributed by atoms with Gasteiger partial charge in [-0.25, -0.2) is 4.79 Å². The fourth-order valence-electron chi connectivity index (χ4n) is 4.07. The molecule has 0 saturated heterocycles. The van der Waals surface area contributed by atoms with Gasteiger partial charge in [-0.05, 0) is 70.6 Å². The van der Waals surface area contributed by atoms with Crippen molar-refractivity contribution < 1.29 is 9.53 Å². The molecule has 4 unspecified atom stereocenters. The molecule has 0 aromatic rings. The lowest BCUT2D eigenvalue weighted by atomic mass is 9.95. The molecule has 3 aliphatic rings. The van der Waals surface area contributed by atoms with E-state index in [0.29, 0.717) is 12.0 Å². The highest BCUT2D eigenvalue weighted by atomic mass is 16.6. The van der Waals surface area contributed by atoms with Crippen molar-refractivity contribution >= 4 is 6.09 Å². The lowest BCUT2D eigenvalue weighted by Gasteiger charge is -2.27. The fraction of sp³-hybridized carbons (Fsp3) is 0.941. The molecule has 0 radical (unpaired) electrons. The number of nitrogens with one attached hydrogen (secondary N) is 2. The number of alkyl carbamates (subject to hydrolysis) is 1. The Morgan fingerprint density at radius 2 is 1.95 bits per heavy atom. The van der Waals surface area contributed by atoms with Crippen LogP contribution in [0.1, 0.15) is 59.3 Å². The summed E-state index contributed by atoms with van der Waals surface area (Å²) in [6.07, 6.45) is 7.80. The first kappa shape index (κ1) is 15.1. The van der Waals surface area contributed by atoms with Crippen LogP contribution < -0.4 is 10.6 Å². The van der Waals surface area contributed by atoms with Crippen LogP contribution in [0.15, 0.2) is 0 Å². The molecule has 3 aliphatic carbocycles. The lowest BCUT2D eigenvalue weighted by Crippen LogP contribution is -2.48. The number of hydrogen-bond acceptors (Lipinski definition) is 3. The van der Waals surface area contributed by atoms with Crippen LogP contribution in [0.5, 0.6) is 0 Å². The smallest absolute Gasteiger partial charge is 0.407 e. The van der Waals surface area contributed by atoms with E-state index in [9.17, 15) is 4.79 Å². The number of amides is 1. The first-order valence-corrected chi connectivity index (χ1v) is 8.63. The average molecular weight is 294 g/mol. The third kappa shape index (κ3) is 4.12. The number of carbonyl (C=O) groups excluding carboxylic acids is 1. The van der Waals surface area contributed by atoms with Gasteiger partial charge < -0.3 is 15.4 Å². The van der Waals surface area contributed by atoms with Crippen molar-refractivity contribution in [1.29, 1.82) is 0 Å². The SMILES string of the molecule is CC(C)(C)OC(=O)NC(CNC1CC2CCC1C2)C1CC1. The Morgan fingerprint density at radius 3 is 2.48 bits per heavy atom. The quantitative estimate of drug-likeness (QED) is 0.819. The second-order valence-electron chi connectivity index (χ2n) is 8.28. The number of fused-ring (bicyclic) bond motifs is 2. The van der Waals surface area contributed by atoms with Gasteiger partial charge in [0, 0.05) is 18.6 Å². The molecule has 0 spiro atoms. The zero-order chi connectivity index (χ0) is 15.0. The van der Waals surface area contributed by atoms with Crippen LogP contribution in [0.25, 0.3) is 0 Å². The van der Waals surface area contributed by atoms with Gasteiger partial charge in [0.25, 0.3) is 0 Å². The molecule has 3 fully saturated rings. The summed E-state index contributed by atoms with van der Waals surface area (Å²) in [6, 6.07) is 0.921. The second kappa shape index (κ2) is 5.79. The van der Waals surface area contributed by atoms with Crippen LogP contribution >= 0.6 is 0 Å². The molecule has 2 N–H and O–H groups in total. The largest absolute Gasteiger partial charge is 0.444 e. The van der Waals surface area contributed by atoms with Gasteiger partial charge in [-0.15, -0.1) is 0 Å². The highest BCUT2D eigenvalue weighted by Crippen LogP contribution is 2.44. The van der Waals surface area contributed by atoms with Gasteiger partial charge in [0.1, 0.15) is 5.60 Å². The predicted molar refractivity (Wildman–Crippen MR) is 83.1 cm³/mol. The van der Waals surface area contributed by atoms with E-state index in [2.05, 4.69) is 10.6 Å². The Hall–Kier alpha value is -0.770. The number of ether oxygens (including phenoxy) is 1. The third-order valence-electron chi connectivity index (χ3n) is 5.23. The first-order chi connectivity index (χ1) is 9.90. The van der Waals surface area contributed by atoms with Crippen molar-refractivity contribution in [2.45, 2.75) is 77.0 Å². The van der Waals surface area contributed by atoms with E-state index in [0.717, 1.165) is 18.4 Å². The molecule has 0 heterocycles. The van der Waals surface area contributed by atoms with Gasteiger partial charge in [0.05, 0.1) is 0 Å². The van der Waals surface area contributed by atoms with Gasteiger partial charge in [-0.2, -0.15) is 0 Å². The van der Waals surface area contributed by atoms with Crippen LogP contribution in [0, 0.1) is 17.8 Å². The Balaban J connectivity index is 1.45. The van der Waals surface area contributed by atoms with Crippen molar-refractivity contribution in [3.05, 3.63) is 0 Å². The standard InChI is InChI=1S/C17H30N2O2/c1-17(2,3)21-16(20)19-15(12-6-7-12)10-18-14-9-11-4-5-13(14)8-11/h11-15,18H,4-10H2,1-3H3,(H,19,20). The zero-order valence-electron chi connectivity index (χ0n) is 13.7. The van der Waals surface area contributed by atoms with E-state index in [1.165, 1.54) is 38.5 Å². The summed E-state index contributed by atoms with van der Waals surface area (Å²) >= 11 is 0. The number of carbonyl (C=O) groups is 1. The van der Waals surface area contributed by atoms with Crippen LogP contribution in [0.2, 0.25) is 0 Å². The number of hydrogen-bond donors (Lipinski definition) is 2. The summed E-state index contributed by atoms with van der Waals surface area (Å²) < 4.78 is 5.39. The minimum atomic E-state index is -0.420. The maximum Gasteiger partial charge on any atom is 0.407 e. The zero-order valence-corrected chi connectivity index (χ0v) is 13.7.